The van der Waals surface area contributed by atoms with Crippen molar-refractivity contribution in [2.24, 2.45) is 23.7 Å². The molecule has 4 aliphatic carbocycles. The molecule has 0 saturated heterocycles. The van der Waals surface area contributed by atoms with E-state index in [1.54, 1.807) is 0 Å². The van der Waals surface area contributed by atoms with Crippen molar-refractivity contribution in [1.29, 1.82) is 10.8 Å². The van der Waals surface area contributed by atoms with Crippen molar-refractivity contribution in [3.63, 3.8) is 0 Å². The lowest BCUT2D eigenvalue weighted by molar-refractivity contribution is -0.0299. The molecule has 0 atom stereocenters. The lowest BCUT2D eigenvalue weighted by atomic mass is 9.53. The van der Waals surface area contributed by atoms with Gasteiger partial charge < -0.3 is 4.90 Å². The van der Waals surface area contributed by atoms with Crippen LogP contribution in [0.5, 0.6) is 0 Å². The Bertz CT molecular complexity index is 564. The minimum absolute atomic E-state index is 0.387. The van der Waals surface area contributed by atoms with Gasteiger partial charge in [-0.25, -0.2) is 0 Å². The Morgan fingerprint density at radius 1 is 0.909 bits per heavy atom. The van der Waals surface area contributed by atoms with Crippen molar-refractivity contribution >= 4 is 11.7 Å². The molecule has 0 aromatic heterocycles. The van der Waals surface area contributed by atoms with Crippen LogP contribution < -0.4 is 0 Å². The van der Waals surface area contributed by atoms with Crippen molar-refractivity contribution in [2.75, 3.05) is 0 Å². The SMILES string of the molecule is CC(=N)N(C(=N)c1ccccc1)C1[C@H]2C[C@H]3C[C@H](C2)C[C@@H]1C3. The molecular formula is C19H25N3. The van der Waals surface area contributed by atoms with Crippen LogP contribution in [0.3, 0.4) is 0 Å². The molecule has 2 N–H and O–H groups in total. The number of hydrogen-bond donors (Lipinski definition) is 2. The van der Waals surface area contributed by atoms with Gasteiger partial charge in [-0.2, -0.15) is 0 Å². The van der Waals surface area contributed by atoms with E-state index in [1.807, 2.05) is 42.2 Å². The normalized spacial score (nSPS) is 35.4. The van der Waals surface area contributed by atoms with E-state index in [2.05, 4.69) is 0 Å². The molecule has 0 amide bonds. The Labute approximate surface area is 132 Å². The van der Waals surface area contributed by atoms with E-state index < -0.39 is 0 Å². The Hall–Kier alpha value is -1.64. The topological polar surface area (TPSA) is 50.9 Å². The highest BCUT2D eigenvalue weighted by atomic mass is 15.2. The first-order chi connectivity index (χ1) is 10.6. The molecule has 116 valence electrons. The molecule has 4 bridgehead atoms. The summed E-state index contributed by atoms with van der Waals surface area (Å²) >= 11 is 0. The fourth-order valence-corrected chi connectivity index (χ4v) is 5.59. The van der Waals surface area contributed by atoms with Gasteiger partial charge in [-0.1, -0.05) is 30.3 Å². The standard InChI is InChI=1S/C19H25N3/c1-12(20)22(19(21)15-5-3-2-4-6-15)18-16-8-13-7-14(10-16)11-17(18)9-13/h2-6,13-14,16-18,20-21H,7-11H2,1H3/t13-,14-,16-,17-,18?. The van der Waals surface area contributed by atoms with Crippen LogP contribution in [-0.4, -0.2) is 22.6 Å². The van der Waals surface area contributed by atoms with Gasteiger partial charge >= 0.3 is 0 Å². The predicted octanol–water partition coefficient (Wildman–Crippen LogP) is 4.14. The lowest BCUT2D eigenvalue weighted by Gasteiger charge is -2.57. The zero-order chi connectivity index (χ0) is 15.3. The monoisotopic (exact) mass is 295 g/mol. The Morgan fingerprint density at radius 3 is 1.95 bits per heavy atom. The van der Waals surface area contributed by atoms with E-state index in [4.69, 9.17) is 10.8 Å². The van der Waals surface area contributed by atoms with E-state index in [-0.39, 0.29) is 0 Å². The summed E-state index contributed by atoms with van der Waals surface area (Å²) in [6.07, 6.45) is 6.74. The van der Waals surface area contributed by atoms with Gasteiger partial charge in [-0.15, -0.1) is 0 Å². The highest BCUT2D eigenvalue weighted by molar-refractivity contribution is 6.06. The first kappa shape index (κ1) is 14.0. The minimum Gasteiger partial charge on any atom is -0.312 e. The van der Waals surface area contributed by atoms with Crippen LogP contribution in [-0.2, 0) is 0 Å². The Balaban J connectivity index is 1.65. The first-order valence-electron chi connectivity index (χ1n) is 8.62. The summed E-state index contributed by atoms with van der Waals surface area (Å²) < 4.78 is 0. The molecule has 3 nitrogen and oxygen atoms in total. The average Bonchev–Trinajstić information content (AvgIpc) is 2.50. The zero-order valence-corrected chi connectivity index (χ0v) is 13.3. The molecule has 0 spiro atoms. The van der Waals surface area contributed by atoms with Crippen LogP contribution in [0.15, 0.2) is 30.3 Å². The van der Waals surface area contributed by atoms with Gasteiger partial charge in [-0.3, -0.25) is 10.8 Å². The summed E-state index contributed by atoms with van der Waals surface area (Å²) in [4.78, 5) is 2.04. The molecule has 0 radical (unpaired) electrons. The number of rotatable bonds is 2. The van der Waals surface area contributed by atoms with Gasteiger partial charge in [0.15, 0.2) is 0 Å². The van der Waals surface area contributed by atoms with Crippen molar-refractivity contribution < 1.29 is 0 Å². The first-order valence-corrected chi connectivity index (χ1v) is 8.62. The molecule has 0 unspecified atom stereocenters. The van der Waals surface area contributed by atoms with E-state index in [0.29, 0.717) is 29.5 Å². The van der Waals surface area contributed by atoms with Gasteiger partial charge in [0.05, 0.1) is 5.84 Å². The summed E-state index contributed by atoms with van der Waals surface area (Å²) in [5.41, 5.74) is 0.933. The van der Waals surface area contributed by atoms with E-state index >= 15 is 0 Å². The molecule has 4 fully saturated rings. The number of nitrogens with zero attached hydrogens (tertiary/aromatic N) is 1. The maximum Gasteiger partial charge on any atom is 0.133 e. The second kappa shape index (κ2) is 5.22. The fourth-order valence-electron chi connectivity index (χ4n) is 5.59. The van der Waals surface area contributed by atoms with Crippen molar-refractivity contribution in [1.82, 2.24) is 4.90 Å². The molecular weight excluding hydrogens is 270 g/mol. The molecule has 4 saturated carbocycles. The van der Waals surface area contributed by atoms with Gasteiger partial charge in [0.25, 0.3) is 0 Å². The van der Waals surface area contributed by atoms with Gasteiger partial charge in [0.1, 0.15) is 5.84 Å². The third-order valence-electron chi connectivity index (χ3n) is 6.12. The average molecular weight is 295 g/mol. The Kier molecular flexibility index (Phi) is 3.32. The second-order valence-corrected chi connectivity index (χ2v) is 7.59. The summed E-state index contributed by atoms with van der Waals surface area (Å²) in [5, 5.41) is 17.0. The van der Waals surface area contributed by atoms with Gasteiger partial charge in [0.2, 0.25) is 0 Å². The molecule has 0 aliphatic heterocycles. The van der Waals surface area contributed by atoms with E-state index in [9.17, 15) is 0 Å². The number of amidine groups is 2. The predicted molar refractivity (Wildman–Crippen MR) is 89.3 cm³/mol. The maximum atomic E-state index is 8.68. The largest absolute Gasteiger partial charge is 0.312 e. The van der Waals surface area contributed by atoms with Crippen LogP contribution >= 0.6 is 0 Å². The molecule has 1 aromatic rings. The highest BCUT2D eigenvalue weighted by Gasteiger charge is 2.51. The van der Waals surface area contributed by atoms with Crippen LogP contribution in [0.2, 0.25) is 0 Å². The lowest BCUT2D eigenvalue weighted by Crippen LogP contribution is -2.58. The van der Waals surface area contributed by atoms with Gasteiger partial charge in [-0.05, 0) is 62.7 Å². The molecule has 1 aromatic carbocycles. The summed E-state index contributed by atoms with van der Waals surface area (Å²) in [7, 11) is 0. The van der Waals surface area contributed by atoms with E-state index in [1.165, 1.54) is 32.1 Å². The molecule has 0 heterocycles. The molecule has 22 heavy (non-hydrogen) atoms. The smallest absolute Gasteiger partial charge is 0.133 e. The van der Waals surface area contributed by atoms with Crippen molar-refractivity contribution in [3.05, 3.63) is 35.9 Å². The third-order valence-corrected chi connectivity index (χ3v) is 6.12. The van der Waals surface area contributed by atoms with Crippen LogP contribution in [0.1, 0.15) is 44.6 Å². The quantitative estimate of drug-likeness (QED) is 0.625. The van der Waals surface area contributed by atoms with Crippen LogP contribution in [0, 0.1) is 34.5 Å². The third kappa shape index (κ3) is 2.18. The number of hydrogen-bond acceptors (Lipinski definition) is 2. The Morgan fingerprint density at radius 2 is 1.45 bits per heavy atom. The maximum absolute atomic E-state index is 8.68. The molecule has 5 rings (SSSR count). The zero-order valence-electron chi connectivity index (χ0n) is 13.3. The fraction of sp³-hybridized carbons (Fsp3) is 0.579. The summed E-state index contributed by atoms with van der Waals surface area (Å²) in [6, 6.07) is 10.3. The van der Waals surface area contributed by atoms with Crippen molar-refractivity contribution in [3.8, 4) is 0 Å². The number of nitrogens with one attached hydrogen (secondary N) is 2. The van der Waals surface area contributed by atoms with Crippen LogP contribution in [0.25, 0.3) is 0 Å². The molecule has 4 aliphatic rings. The van der Waals surface area contributed by atoms with Gasteiger partial charge in [0, 0.05) is 11.6 Å². The highest BCUT2D eigenvalue weighted by Crippen LogP contribution is 2.55. The van der Waals surface area contributed by atoms with Crippen molar-refractivity contribution in [2.45, 2.75) is 45.1 Å². The van der Waals surface area contributed by atoms with E-state index in [0.717, 1.165) is 17.4 Å². The molecule has 3 heteroatoms. The number of benzene rings is 1. The minimum atomic E-state index is 0.387. The van der Waals surface area contributed by atoms with Crippen LogP contribution in [0.4, 0.5) is 0 Å². The summed E-state index contributed by atoms with van der Waals surface area (Å²) in [5.74, 6) is 4.30. The summed E-state index contributed by atoms with van der Waals surface area (Å²) in [6.45, 7) is 1.85. The second-order valence-electron chi connectivity index (χ2n) is 7.59.